The van der Waals surface area contributed by atoms with E-state index in [1.165, 1.54) is 25.7 Å². The fourth-order valence-corrected chi connectivity index (χ4v) is 2.49. The van der Waals surface area contributed by atoms with Crippen LogP contribution in [0.25, 0.3) is 0 Å². The Morgan fingerprint density at radius 1 is 1.00 bits per heavy atom. The van der Waals surface area contributed by atoms with Crippen LogP contribution in [0.1, 0.15) is 64.7 Å². The van der Waals surface area contributed by atoms with E-state index in [0.29, 0.717) is 10.9 Å². The number of carbonyl (C=O) groups excluding carboxylic acids is 1. The van der Waals surface area contributed by atoms with E-state index in [1.807, 2.05) is 21.1 Å². The van der Waals surface area contributed by atoms with Crippen molar-refractivity contribution in [2.45, 2.75) is 70.2 Å². The zero-order valence-corrected chi connectivity index (χ0v) is 15.4. The minimum Gasteiger partial charge on any atom is -0.481 e. The molecule has 0 radical (unpaired) electrons. The van der Waals surface area contributed by atoms with Crippen LogP contribution in [0.5, 0.6) is 0 Å². The molecule has 4 nitrogen and oxygen atoms in total. The molecule has 0 spiro atoms. The zero-order valence-electron chi connectivity index (χ0n) is 14.6. The van der Waals surface area contributed by atoms with Gasteiger partial charge in [0.25, 0.3) is 0 Å². The van der Waals surface area contributed by atoms with Crippen LogP contribution in [0.4, 0.5) is 0 Å². The first-order valence-electron chi connectivity index (χ1n) is 8.40. The minimum absolute atomic E-state index is 0.180. The second kappa shape index (κ2) is 11.0. The number of halogens is 1. The molecule has 130 valence electrons. The molecule has 0 fully saturated rings. The van der Waals surface area contributed by atoms with Crippen molar-refractivity contribution in [2.75, 3.05) is 21.1 Å². The van der Waals surface area contributed by atoms with Crippen LogP contribution in [0, 0.1) is 5.92 Å². The van der Waals surface area contributed by atoms with E-state index < -0.39 is 11.9 Å². The molecule has 0 aliphatic carbocycles. The molecule has 2 atom stereocenters. The molecule has 0 saturated carbocycles. The summed E-state index contributed by atoms with van der Waals surface area (Å²) in [6.45, 7) is 2.19. The van der Waals surface area contributed by atoms with Crippen molar-refractivity contribution in [1.82, 2.24) is 0 Å². The molecule has 0 aliphatic heterocycles. The van der Waals surface area contributed by atoms with Gasteiger partial charge in [-0.25, -0.2) is 0 Å². The van der Waals surface area contributed by atoms with Gasteiger partial charge in [0.05, 0.1) is 21.1 Å². The first kappa shape index (κ1) is 21.4. The Morgan fingerprint density at radius 2 is 1.50 bits per heavy atom. The Bertz CT molecular complexity index is 339. The van der Waals surface area contributed by atoms with Crippen LogP contribution in [0.3, 0.4) is 0 Å². The second-order valence-electron chi connectivity index (χ2n) is 7.01. The molecule has 0 rings (SSSR count). The highest BCUT2D eigenvalue weighted by Gasteiger charge is 2.33. The van der Waals surface area contributed by atoms with Gasteiger partial charge >= 0.3 is 5.97 Å². The highest BCUT2D eigenvalue weighted by molar-refractivity contribution is 6.20. The molecule has 0 saturated heterocycles. The summed E-state index contributed by atoms with van der Waals surface area (Å²) in [4.78, 5) is 23.5. The van der Waals surface area contributed by atoms with E-state index >= 15 is 0 Å². The predicted octanol–water partition coefficient (Wildman–Crippen LogP) is 4.06. The molecular formula is C17H33ClNO3+. The number of Topliss-reactive ketones (excluding diaryl/α,β-unsaturated/α-hetero) is 1. The largest absolute Gasteiger partial charge is 0.481 e. The monoisotopic (exact) mass is 334 g/mol. The van der Waals surface area contributed by atoms with Gasteiger partial charge in [0.15, 0.2) is 5.50 Å². The second-order valence-corrected chi connectivity index (χ2v) is 7.52. The lowest BCUT2D eigenvalue weighted by Gasteiger charge is -2.30. The van der Waals surface area contributed by atoms with Crippen molar-refractivity contribution < 1.29 is 19.2 Å². The smallest absolute Gasteiger partial charge is 0.314 e. The summed E-state index contributed by atoms with van der Waals surface area (Å²) in [5.74, 6) is -2.20. The van der Waals surface area contributed by atoms with Crippen LogP contribution in [0.2, 0.25) is 0 Å². The number of ketones is 1. The average Bonchev–Trinajstić information content (AvgIpc) is 2.41. The van der Waals surface area contributed by atoms with Crippen molar-refractivity contribution in [1.29, 1.82) is 0 Å². The number of carbonyl (C=O) groups is 2. The number of hydrogen-bond donors (Lipinski definition) is 1. The number of unbranched alkanes of at least 4 members (excludes halogenated alkanes) is 6. The van der Waals surface area contributed by atoms with Crippen molar-refractivity contribution >= 4 is 23.4 Å². The van der Waals surface area contributed by atoms with Gasteiger partial charge in [-0.3, -0.25) is 9.59 Å². The van der Waals surface area contributed by atoms with E-state index in [1.54, 1.807) is 0 Å². The van der Waals surface area contributed by atoms with Gasteiger partial charge < -0.3 is 9.59 Å². The maximum Gasteiger partial charge on any atom is 0.314 e. The zero-order chi connectivity index (χ0) is 17.2. The van der Waals surface area contributed by atoms with Crippen molar-refractivity contribution in [3.63, 3.8) is 0 Å². The highest BCUT2D eigenvalue weighted by Crippen LogP contribution is 2.21. The van der Waals surface area contributed by atoms with Crippen LogP contribution >= 0.6 is 11.6 Å². The molecular weight excluding hydrogens is 302 g/mol. The molecule has 0 aromatic rings. The minimum atomic E-state index is -1.05. The molecule has 0 amide bonds. The molecule has 5 heteroatoms. The topological polar surface area (TPSA) is 54.4 Å². The van der Waals surface area contributed by atoms with Crippen LogP contribution in [0.15, 0.2) is 0 Å². The number of quaternary nitrogens is 1. The van der Waals surface area contributed by atoms with Gasteiger partial charge in [-0.1, -0.05) is 57.0 Å². The average molecular weight is 335 g/mol. The molecule has 0 aromatic carbocycles. The summed E-state index contributed by atoms with van der Waals surface area (Å²) >= 11 is 6.23. The van der Waals surface area contributed by atoms with E-state index in [4.69, 9.17) is 11.6 Å². The maximum absolute atomic E-state index is 12.1. The maximum atomic E-state index is 12.1. The third-order valence-corrected chi connectivity index (χ3v) is 4.75. The molecule has 0 aromatic heterocycles. The summed E-state index contributed by atoms with van der Waals surface area (Å²) in [6.07, 6.45) is 8.40. The van der Waals surface area contributed by atoms with E-state index in [0.717, 1.165) is 19.3 Å². The van der Waals surface area contributed by atoms with Gasteiger partial charge in [-0.15, -0.1) is 0 Å². The summed E-state index contributed by atoms with van der Waals surface area (Å²) in [5, 5.41) is 9.27. The van der Waals surface area contributed by atoms with E-state index in [9.17, 15) is 14.7 Å². The summed E-state index contributed by atoms with van der Waals surface area (Å²) < 4.78 is 0.441. The lowest BCUT2D eigenvalue weighted by Crippen LogP contribution is -2.44. The molecule has 0 bridgehead atoms. The fraction of sp³-hybridized carbons (Fsp3) is 0.882. The standard InChI is InChI=1S/C17H32ClNO3/c1-5-6-7-8-9-10-11-12-15(20)14(17(21)22)13-16(18)19(2,3)4/h14,16H,5-13H2,1-4H3/p+1. The normalized spacial score (nSPS) is 14.6. The number of hydrogen-bond acceptors (Lipinski definition) is 2. The highest BCUT2D eigenvalue weighted by atomic mass is 35.5. The quantitative estimate of drug-likeness (QED) is 0.182. The Balaban J connectivity index is 4.14. The molecule has 0 aliphatic rings. The van der Waals surface area contributed by atoms with Crippen molar-refractivity contribution in [3.05, 3.63) is 0 Å². The van der Waals surface area contributed by atoms with E-state index in [2.05, 4.69) is 6.92 Å². The summed E-state index contributed by atoms with van der Waals surface area (Å²) in [6, 6.07) is 0. The lowest BCUT2D eigenvalue weighted by atomic mass is 9.95. The third-order valence-electron chi connectivity index (χ3n) is 3.98. The Morgan fingerprint density at radius 3 is 1.95 bits per heavy atom. The molecule has 0 heterocycles. The van der Waals surface area contributed by atoms with Gasteiger partial charge in [0.2, 0.25) is 0 Å². The first-order valence-corrected chi connectivity index (χ1v) is 8.84. The number of aliphatic carboxylic acids is 1. The van der Waals surface area contributed by atoms with Crippen LogP contribution in [-0.4, -0.2) is 48.0 Å². The van der Waals surface area contributed by atoms with Gasteiger partial charge in [0, 0.05) is 12.8 Å². The Kier molecular flexibility index (Phi) is 10.7. The molecule has 1 N–H and O–H groups in total. The SMILES string of the molecule is CCCCCCCCCC(=O)C(CC(Cl)[N+](C)(C)C)C(=O)O. The summed E-state index contributed by atoms with van der Waals surface area (Å²) in [7, 11) is 5.70. The number of carboxylic acids is 1. The van der Waals surface area contributed by atoms with Gasteiger partial charge in [0.1, 0.15) is 11.7 Å². The number of rotatable bonds is 13. The number of nitrogens with zero attached hydrogens (tertiary/aromatic N) is 1. The number of carboxylic acid groups (broad SMARTS) is 1. The van der Waals surface area contributed by atoms with Gasteiger partial charge in [-0.2, -0.15) is 0 Å². The van der Waals surface area contributed by atoms with Crippen molar-refractivity contribution in [3.8, 4) is 0 Å². The summed E-state index contributed by atoms with van der Waals surface area (Å²) in [5.41, 5.74) is -0.376. The van der Waals surface area contributed by atoms with E-state index in [-0.39, 0.29) is 17.7 Å². The lowest BCUT2D eigenvalue weighted by molar-refractivity contribution is -0.883. The predicted molar refractivity (Wildman–Crippen MR) is 91.0 cm³/mol. The van der Waals surface area contributed by atoms with Crippen molar-refractivity contribution in [2.24, 2.45) is 5.92 Å². The van der Waals surface area contributed by atoms with Crippen LogP contribution in [-0.2, 0) is 9.59 Å². The van der Waals surface area contributed by atoms with Crippen LogP contribution < -0.4 is 0 Å². The third kappa shape index (κ3) is 9.42. The molecule has 2 unspecified atom stereocenters. The Hall–Kier alpha value is -0.610. The Labute approximate surface area is 140 Å². The fourth-order valence-electron chi connectivity index (χ4n) is 2.31. The number of alkyl halides is 1. The first-order chi connectivity index (χ1) is 10.2. The molecule has 22 heavy (non-hydrogen) atoms. The van der Waals surface area contributed by atoms with Gasteiger partial charge in [-0.05, 0) is 6.42 Å².